The molecule has 1 saturated heterocycles. The quantitative estimate of drug-likeness (QED) is 0.848. The first-order valence-corrected chi connectivity index (χ1v) is 7.93. The summed E-state index contributed by atoms with van der Waals surface area (Å²) in [6.07, 6.45) is 4.28. The molecule has 2 amide bonds. The number of piperidine rings is 1. The van der Waals surface area contributed by atoms with Crippen LogP contribution in [-0.2, 0) is 11.2 Å². The van der Waals surface area contributed by atoms with Crippen LogP contribution in [-0.4, -0.2) is 41.6 Å². The first kappa shape index (κ1) is 16.3. The van der Waals surface area contributed by atoms with Crippen molar-refractivity contribution in [1.29, 1.82) is 0 Å². The summed E-state index contributed by atoms with van der Waals surface area (Å²) in [4.78, 5) is 24.1. The highest BCUT2D eigenvalue weighted by molar-refractivity contribution is 5.75. The van der Waals surface area contributed by atoms with Crippen LogP contribution in [0.15, 0.2) is 30.3 Å². The molecule has 1 aromatic rings. The number of aryl methyl sites for hydroxylation is 1. The molecule has 2 N–H and O–H groups in total. The molecule has 0 aromatic heterocycles. The van der Waals surface area contributed by atoms with Crippen LogP contribution in [0.3, 0.4) is 0 Å². The number of likely N-dealkylation sites (tertiary alicyclic amines) is 1. The lowest BCUT2D eigenvalue weighted by Crippen LogP contribution is -2.45. The van der Waals surface area contributed by atoms with Crippen LogP contribution in [0.25, 0.3) is 0 Å². The Morgan fingerprint density at radius 2 is 1.86 bits per heavy atom. The van der Waals surface area contributed by atoms with Crippen molar-refractivity contribution < 1.29 is 14.7 Å². The van der Waals surface area contributed by atoms with E-state index in [-0.39, 0.29) is 19.0 Å². The summed E-state index contributed by atoms with van der Waals surface area (Å²) in [5, 5.41) is 11.2. The molecule has 1 fully saturated rings. The number of nitrogens with zero attached hydrogens (tertiary/aromatic N) is 1. The molecule has 0 saturated carbocycles. The minimum atomic E-state index is -0.889. The molecule has 0 bridgehead atoms. The Hall–Kier alpha value is -2.04. The van der Waals surface area contributed by atoms with E-state index in [0.717, 1.165) is 32.4 Å². The third-order valence-corrected chi connectivity index (χ3v) is 4.20. The lowest BCUT2D eigenvalue weighted by atomic mass is 9.91. The summed E-state index contributed by atoms with van der Waals surface area (Å²) in [6, 6.07) is 10.3. The van der Waals surface area contributed by atoms with Crippen LogP contribution in [0.5, 0.6) is 0 Å². The molecule has 22 heavy (non-hydrogen) atoms. The lowest BCUT2D eigenvalue weighted by Gasteiger charge is -2.32. The summed E-state index contributed by atoms with van der Waals surface area (Å²) in [5.74, 6) is -0.219. The van der Waals surface area contributed by atoms with E-state index in [9.17, 15) is 9.59 Å². The molecule has 5 nitrogen and oxygen atoms in total. The molecule has 0 radical (unpaired) electrons. The Balaban J connectivity index is 1.65. The van der Waals surface area contributed by atoms with Crippen molar-refractivity contribution in [2.75, 3.05) is 19.6 Å². The number of carboxylic acids is 1. The van der Waals surface area contributed by atoms with E-state index in [1.165, 1.54) is 12.0 Å². The molecule has 0 unspecified atom stereocenters. The molecule has 1 heterocycles. The highest BCUT2D eigenvalue weighted by Gasteiger charge is 2.22. The Morgan fingerprint density at radius 3 is 2.50 bits per heavy atom. The van der Waals surface area contributed by atoms with Gasteiger partial charge < -0.3 is 15.3 Å². The standard InChI is InChI=1S/C17H24N2O3/c20-16(21)8-11-18-17(22)19-12-9-15(10-13-19)7-6-14-4-2-1-3-5-14/h1-5,15H,6-13H2,(H,18,22)(H,20,21). The first-order valence-electron chi connectivity index (χ1n) is 7.93. The lowest BCUT2D eigenvalue weighted by molar-refractivity contribution is -0.136. The SMILES string of the molecule is O=C(O)CCNC(=O)N1CCC(CCc2ccccc2)CC1. The number of benzene rings is 1. The topological polar surface area (TPSA) is 69.6 Å². The van der Waals surface area contributed by atoms with Gasteiger partial charge in [-0.25, -0.2) is 4.79 Å². The molecule has 0 atom stereocenters. The number of rotatable bonds is 6. The maximum absolute atomic E-state index is 11.9. The fraction of sp³-hybridized carbons (Fsp3) is 0.529. The van der Waals surface area contributed by atoms with Crippen LogP contribution in [0, 0.1) is 5.92 Å². The van der Waals surface area contributed by atoms with Crippen LogP contribution in [0.2, 0.25) is 0 Å². The minimum absolute atomic E-state index is 0.0285. The van der Waals surface area contributed by atoms with E-state index in [4.69, 9.17) is 5.11 Å². The zero-order valence-corrected chi connectivity index (χ0v) is 12.8. The van der Waals surface area contributed by atoms with Crippen molar-refractivity contribution in [1.82, 2.24) is 10.2 Å². The first-order chi connectivity index (χ1) is 10.6. The van der Waals surface area contributed by atoms with Gasteiger partial charge in [-0.3, -0.25) is 4.79 Å². The van der Waals surface area contributed by atoms with Crippen molar-refractivity contribution in [2.45, 2.75) is 32.1 Å². The molecule has 0 spiro atoms. The minimum Gasteiger partial charge on any atom is -0.481 e. The highest BCUT2D eigenvalue weighted by atomic mass is 16.4. The van der Waals surface area contributed by atoms with Gasteiger partial charge in [0.15, 0.2) is 0 Å². The smallest absolute Gasteiger partial charge is 0.317 e. The van der Waals surface area contributed by atoms with Crippen molar-refractivity contribution >= 4 is 12.0 Å². The summed E-state index contributed by atoms with van der Waals surface area (Å²) < 4.78 is 0. The van der Waals surface area contributed by atoms with E-state index in [2.05, 4.69) is 29.6 Å². The van der Waals surface area contributed by atoms with Gasteiger partial charge in [0.05, 0.1) is 6.42 Å². The summed E-state index contributed by atoms with van der Waals surface area (Å²) in [5.41, 5.74) is 1.37. The molecule has 2 rings (SSSR count). The average molecular weight is 304 g/mol. The number of hydrogen-bond acceptors (Lipinski definition) is 2. The summed E-state index contributed by atoms with van der Waals surface area (Å²) in [7, 11) is 0. The third-order valence-electron chi connectivity index (χ3n) is 4.20. The van der Waals surface area contributed by atoms with Gasteiger partial charge in [-0.1, -0.05) is 30.3 Å². The second-order valence-corrected chi connectivity index (χ2v) is 5.83. The molecule has 0 aliphatic carbocycles. The zero-order valence-electron chi connectivity index (χ0n) is 12.8. The van der Waals surface area contributed by atoms with E-state index in [0.29, 0.717) is 5.92 Å². The average Bonchev–Trinajstić information content (AvgIpc) is 2.54. The van der Waals surface area contributed by atoms with E-state index < -0.39 is 5.97 Å². The Kier molecular flexibility index (Phi) is 6.25. The fourth-order valence-electron chi connectivity index (χ4n) is 2.83. The number of carboxylic acid groups (broad SMARTS) is 1. The maximum Gasteiger partial charge on any atom is 0.317 e. The zero-order chi connectivity index (χ0) is 15.8. The molecule has 120 valence electrons. The Labute approximate surface area is 131 Å². The number of hydrogen-bond donors (Lipinski definition) is 2. The van der Waals surface area contributed by atoms with Crippen molar-refractivity contribution in [3.63, 3.8) is 0 Å². The number of amides is 2. The number of carbonyl (C=O) groups excluding carboxylic acids is 1. The number of nitrogens with one attached hydrogen (secondary N) is 1. The molecular formula is C17H24N2O3. The highest BCUT2D eigenvalue weighted by Crippen LogP contribution is 2.22. The van der Waals surface area contributed by atoms with Crippen LogP contribution in [0.1, 0.15) is 31.2 Å². The largest absolute Gasteiger partial charge is 0.481 e. The van der Waals surface area contributed by atoms with Crippen LogP contribution < -0.4 is 5.32 Å². The van der Waals surface area contributed by atoms with Crippen molar-refractivity contribution in [3.8, 4) is 0 Å². The molecule has 5 heteroatoms. The maximum atomic E-state index is 11.9. The van der Waals surface area contributed by atoms with Crippen molar-refractivity contribution in [2.24, 2.45) is 5.92 Å². The Bertz CT molecular complexity index is 482. The van der Waals surface area contributed by atoms with Gasteiger partial charge >= 0.3 is 12.0 Å². The molecule has 1 aliphatic heterocycles. The summed E-state index contributed by atoms with van der Waals surface area (Å²) >= 11 is 0. The predicted molar refractivity (Wildman–Crippen MR) is 84.7 cm³/mol. The van der Waals surface area contributed by atoms with Crippen LogP contribution >= 0.6 is 0 Å². The van der Waals surface area contributed by atoms with E-state index in [1.54, 1.807) is 4.90 Å². The fourth-order valence-corrected chi connectivity index (χ4v) is 2.83. The predicted octanol–water partition coefficient (Wildman–Crippen LogP) is 2.52. The van der Waals surface area contributed by atoms with Gasteiger partial charge in [-0.05, 0) is 37.2 Å². The van der Waals surface area contributed by atoms with Gasteiger partial charge in [0.1, 0.15) is 0 Å². The summed E-state index contributed by atoms with van der Waals surface area (Å²) in [6.45, 7) is 1.72. The Morgan fingerprint density at radius 1 is 1.18 bits per heavy atom. The second-order valence-electron chi connectivity index (χ2n) is 5.83. The van der Waals surface area contributed by atoms with Gasteiger partial charge in [0.25, 0.3) is 0 Å². The van der Waals surface area contributed by atoms with Crippen LogP contribution in [0.4, 0.5) is 4.79 Å². The van der Waals surface area contributed by atoms with Gasteiger partial charge in [0.2, 0.25) is 0 Å². The van der Waals surface area contributed by atoms with Gasteiger partial charge in [-0.2, -0.15) is 0 Å². The van der Waals surface area contributed by atoms with E-state index in [1.807, 2.05) is 6.07 Å². The molecule has 1 aliphatic rings. The van der Waals surface area contributed by atoms with E-state index >= 15 is 0 Å². The third kappa shape index (κ3) is 5.39. The second kappa shape index (κ2) is 8.41. The monoisotopic (exact) mass is 304 g/mol. The van der Waals surface area contributed by atoms with Crippen molar-refractivity contribution in [3.05, 3.63) is 35.9 Å². The number of carbonyl (C=O) groups is 2. The molecular weight excluding hydrogens is 280 g/mol. The van der Waals surface area contributed by atoms with Gasteiger partial charge in [0, 0.05) is 19.6 Å². The number of urea groups is 1. The normalized spacial score (nSPS) is 15.5. The van der Waals surface area contributed by atoms with Gasteiger partial charge in [-0.15, -0.1) is 0 Å². The number of aliphatic carboxylic acids is 1. The molecule has 1 aromatic carbocycles.